The van der Waals surface area contributed by atoms with E-state index in [0.29, 0.717) is 16.8 Å². The van der Waals surface area contributed by atoms with E-state index < -0.39 is 16.0 Å². The van der Waals surface area contributed by atoms with Crippen LogP contribution >= 0.6 is 15.9 Å². The number of anilines is 1. The van der Waals surface area contributed by atoms with Gasteiger partial charge in [-0.15, -0.1) is 0 Å². The molecular formula is C16H16BrNO4S. The predicted octanol–water partition coefficient (Wildman–Crippen LogP) is 3.74. The number of ether oxygens (including phenoxy) is 1. The molecule has 0 unspecified atom stereocenters. The fraction of sp³-hybridized carbons (Fsp3) is 0.188. The van der Waals surface area contributed by atoms with Gasteiger partial charge >= 0.3 is 5.97 Å². The Balaban J connectivity index is 2.33. The molecule has 0 radical (unpaired) electrons. The lowest BCUT2D eigenvalue weighted by molar-refractivity contribution is 0.0526. The molecule has 0 saturated carbocycles. The summed E-state index contributed by atoms with van der Waals surface area (Å²) in [6.45, 7) is 3.73. The summed E-state index contributed by atoms with van der Waals surface area (Å²) in [5.74, 6) is -0.489. The van der Waals surface area contributed by atoms with E-state index in [9.17, 15) is 13.2 Å². The van der Waals surface area contributed by atoms with Gasteiger partial charge in [0.2, 0.25) is 0 Å². The molecule has 0 fully saturated rings. The quantitative estimate of drug-likeness (QED) is 0.779. The van der Waals surface area contributed by atoms with Crippen molar-refractivity contribution in [2.75, 3.05) is 11.3 Å². The second-order valence-electron chi connectivity index (χ2n) is 4.81. The van der Waals surface area contributed by atoms with E-state index in [1.165, 1.54) is 18.2 Å². The van der Waals surface area contributed by atoms with Crippen LogP contribution in [0, 0.1) is 6.92 Å². The summed E-state index contributed by atoms with van der Waals surface area (Å²) in [4.78, 5) is 11.9. The zero-order valence-corrected chi connectivity index (χ0v) is 15.1. The average Bonchev–Trinajstić information content (AvgIpc) is 2.50. The standard InChI is InChI=1S/C16H16BrNO4S/c1-3-22-16(19)12-5-4-11(2)15(10-12)18-23(20,21)14-8-6-13(17)7-9-14/h4-10,18H,3H2,1-2H3. The molecule has 0 saturated heterocycles. The number of halogens is 1. The summed E-state index contributed by atoms with van der Waals surface area (Å²) >= 11 is 3.26. The molecule has 0 spiro atoms. The molecule has 2 aromatic carbocycles. The van der Waals surface area contributed by atoms with Crippen LogP contribution in [0.3, 0.4) is 0 Å². The van der Waals surface area contributed by atoms with E-state index in [4.69, 9.17) is 4.74 Å². The number of rotatable bonds is 5. The molecule has 0 atom stereocenters. The Hall–Kier alpha value is -1.86. The van der Waals surface area contributed by atoms with E-state index in [1.54, 1.807) is 38.1 Å². The molecule has 0 amide bonds. The minimum Gasteiger partial charge on any atom is -0.462 e. The van der Waals surface area contributed by atoms with Gasteiger partial charge in [-0.3, -0.25) is 4.72 Å². The summed E-state index contributed by atoms with van der Waals surface area (Å²) in [6.07, 6.45) is 0. The SMILES string of the molecule is CCOC(=O)c1ccc(C)c(NS(=O)(=O)c2ccc(Br)cc2)c1. The largest absolute Gasteiger partial charge is 0.462 e. The van der Waals surface area contributed by atoms with Gasteiger partial charge < -0.3 is 4.74 Å². The van der Waals surface area contributed by atoms with Crippen LogP contribution < -0.4 is 4.72 Å². The minimum atomic E-state index is -3.73. The van der Waals surface area contributed by atoms with Gasteiger partial charge in [0.25, 0.3) is 10.0 Å². The number of carbonyl (C=O) groups is 1. The third-order valence-electron chi connectivity index (χ3n) is 3.12. The Morgan fingerprint density at radius 3 is 2.43 bits per heavy atom. The van der Waals surface area contributed by atoms with Gasteiger partial charge in [-0.05, 0) is 55.8 Å². The summed E-state index contributed by atoms with van der Waals surface area (Å²) in [5.41, 5.74) is 1.35. The van der Waals surface area contributed by atoms with Gasteiger partial charge in [0.15, 0.2) is 0 Å². The molecule has 0 aliphatic heterocycles. The van der Waals surface area contributed by atoms with Crippen LogP contribution in [-0.2, 0) is 14.8 Å². The maximum absolute atomic E-state index is 12.4. The topological polar surface area (TPSA) is 72.5 Å². The highest BCUT2D eigenvalue weighted by Gasteiger charge is 2.17. The van der Waals surface area contributed by atoms with E-state index in [0.717, 1.165) is 4.47 Å². The predicted molar refractivity (Wildman–Crippen MR) is 92.1 cm³/mol. The molecule has 2 aromatic rings. The van der Waals surface area contributed by atoms with Crippen molar-refractivity contribution in [2.24, 2.45) is 0 Å². The summed E-state index contributed by atoms with van der Waals surface area (Å²) in [5, 5.41) is 0. The first-order valence-corrected chi connectivity index (χ1v) is 9.17. The van der Waals surface area contributed by atoms with Crippen molar-refractivity contribution in [2.45, 2.75) is 18.7 Å². The third-order valence-corrected chi connectivity index (χ3v) is 5.03. The normalized spacial score (nSPS) is 11.1. The molecular weight excluding hydrogens is 382 g/mol. The van der Waals surface area contributed by atoms with Crippen LogP contribution in [-0.4, -0.2) is 21.0 Å². The van der Waals surface area contributed by atoms with Crippen LogP contribution in [0.15, 0.2) is 51.8 Å². The Labute approximate surface area is 143 Å². The molecule has 0 aliphatic rings. The smallest absolute Gasteiger partial charge is 0.338 e. The van der Waals surface area contributed by atoms with E-state index in [1.807, 2.05) is 0 Å². The van der Waals surface area contributed by atoms with Crippen molar-refractivity contribution < 1.29 is 17.9 Å². The Bertz CT molecular complexity index is 816. The maximum atomic E-state index is 12.4. The first-order valence-electron chi connectivity index (χ1n) is 6.89. The van der Waals surface area contributed by atoms with Crippen molar-refractivity contribution in [3.05, 3.63) is 58.1 Å². The van der Waals surface area contributed by atoms with E-state index >= 15 is 0 Å². The number of hydrogen-bond acceptors (Lipinski definition) is 4. The van der Waals surface area contributed by atoms with Gasteiger partial charge in [-0.25, -0.2) is 13.2 Å². The monoisotopic (exact) mass is 397 g/mol. The lowest BCUT2D eigenvalue weighted by atomic mass is 10.1. The summed E-state index contributed by atoms with van der Waals surface area (Å²) in [6, 6.07) is 11.0. The fourth-order valence-electron chi connectivity index (χ4n) is 1.89. The highest BCUT2D eigenvalue weighted by molar-refractivity contribution is 9.10. The first kappa shape index (κ1) is 17.5. The van der Waals surface area contributed by atoms with Gasteiger partial charge in [-0.1, -0.05) is 22.0 Å². The van der Waals surface area contributed by atoms with Crippen LogP contribution in [0.25, 0.3) is 0 Å². The van der Waals surface area contributed by atoms with E-state index in [-0.39, 0.29) is 11.5 Å². The van der Waals surface area contributed by atoms with Crippen molar-refractivity contribution in [1.29, 1.82) is 0 Å². The molecule has 2 rings (SSSR count). The fourth-order valence-corrected chi connectivity index (χ4v) is 3.28. The Morgan fingerprint density at radius 2 is 1.83 bits per heavy atom. The number of carbonyl (C=O) groups excluding carboxylic acids is 1. The van der Waals surface area contributed by atoms with Crippen molar-refractivity contribution in [1.82, 2.24) is 0 Å². The molecule has 122 valence electrons. The highest BCUT2D eigenvalue weighted by atomic mass is 79.9. The highest BCUT2D eigenvalue weighted by Crippen LogP contribution is 2.22. The first-order chi connectivity index (χ1) is 10.8. The number of aryl methyl sites for hydroxylation is 1. The lowest BCUT2D eigenvalue weighted by Gasteiger charge is -2.12. The summed E-state index contributed by atoms with van der Waals surface area (Å²) in [7, 11) is -3.73. The van der Waals surface area contributed by atoms with Gasteiger partial charge in [0.1, 0.15) is 0 Å². The molecule has 0 aliphatic carbocycles. The average molecular weight is 398 g/mol. The Kier molecular flexibility index (Phi) is 5.43. The zero-order chi connectivity index (χ0) is 17.0. The van der Waals surface area contributed by atoms with Gasteiger partial charge in [0.05, 0.1) is 22.8 Å². The third kappa shape index (κ3) is 4.33. The Morgan fingerprint density at radius 1 is 1.17 bits per heavy atom. The second-order valence-corrected chi connectivity index (χ2v) is 7.41. The molecule has 0 heterocycles. The lowest BCUT2D eigenvalue weighted by Crippen LogP contribution is -2.14. The molecule has 23 heavy (non-hydrogen) atoms. The number of benzene rings is 2. The van der Waals surface area contributed by atoms with Crippen LogP contribution in [0.4, 0.5) is 5.69 Å². The maximum Gasteiger partial charge on any atom is 0.338 e. The van der Waals surface area contributed by atoms with Crippen molar-refractivity contribution >= 4 is 37.6 Å². The van der Waals surface area contributed by atoms with Crippen molar-refractivity contribution in [3.63, 3.8) is 0 Å². The van der Waals surface area contributed by atoms with Crippen LogP contribution in [0.2, 0.25) is 0 Å². The minimum absolute atomic E-state index is 0.140. The van der Waals surface area contributed by atoms with Gasteiger partial charge in [0, 0.05) is 4.47 Å². The second kappa shape index (κ2) is 7.14. The number of esters is 1. The van der Waals surface area contributed by atoms with Crippen LogP contribution in [0.1, 0.15) is 22.8 Å². The van der Waals surface area contributed by atoms with Crippen LogP contribution in [0.5, 0.6) is 0 Å². The number of sulfonamides is 1. The van der Waals surface area contributed by atoms with Gasteiger partial charge in [-0.2, -0.15) is 0 Å². The molecule has 7 heteroatoms. The number of hydrogen-bond donors (Lipinski definition) is 1. The van der Waals surface area contributed by atoms with E-state index in [2.05, 4.69) is 20.7 Å². The summed E-state index contributed by atoms with van der Waals surface area (Å²) < 4.78 is 33.1. The zero-order valence-electron chi connectivity index (χ0n) is 12.7. The van der Waals surface area contributed by atoms with Crippen molar-refractivity contribution in [3.8, 4) is 0 Å². The molecule has 5 nitrogen and oxygen atoms in total. The number of nitrogens with one attached hydrogen (secondary N) is 1. The molecule has 1 N–H and O–H groups in total. The molecule has 0 bridgehead atoms. The molecule has 0 aromatic heterocycles.